The molecule has 0 saturated heterocycles. The number of methoxy groups -OCH3 is 1. The molecule has 6 nitrogen and oxygen atoms in total. The van der Waals surface area contributed by atoms with E-state index in [0.29, 0.717) is 34.4 Å². The highest BCUT2D eigenvalue weighted by Crippen LogP contribution is 2.26. The molecular formula is C23H19ClN4O2. The summed E-state index contributed by atoms with van der Waals surface area (Å²) in [5, 5.41) is 8.18. The standard InChI is InChI=1S/C23H19ClN4O2/c1-30-20-7-2-4-17(12-20)21-14-22(23(29)26-15-16-8-10-25-11-9-16)28(27-21)19-6-3-5-18(24)13-19/h2-14H,15H2,1H3,(H,26,29). The minimum absolute atomic E-state index is 0.242. The molecule has 30 heavy (non-hydrogen) atoms. The SMILES string of the molecule is COc1cccc(-c2cc(C(=O)NCc3ccncc3)n(-c3cccc(Cl)c3)n2)c1. The Balaban J connectivity index is 1.71. The lowest BCUT2D eigenvalue weighted by Gasteiger charge is -2.09. The van der Waals surface area contributed by atoms with E-state index in [1.807, 2.05) is 48.5 Å². The summed E-state index contributed by atoms with van der Waals surface area (Å²) in [4.78, 5) is 17.0. The zero-order valence-electron chi connectivity index (χ0n) is 16.2. The molecule has 4 aromatic rings. The van der Waals surface area contributed by atoms with Gasteiger partial charge in [-0.25, -0.2) is 4.68 Å². The van der Waals surface area contributed by atoms with E-state index in [9.17, 15) is 4.79 Å². The van der Waals surface area contributed by atoms with Crippen LogP contribution in [0.15, 0.2) is 79.1 Å². The van der Waals surface area contributed by atoms with Crippen molar-refractivity contribution in [3.63, 3.8) is 0 Å². The Kier molecular flexibility index (Phi) is 5.77. The molecule has 7 heteroatoms. The number of aromatic nitrogens is 3. The van der Waals surface area contributed by atoms with Crippen LogP contribution in [0.4, 0.5) is 0 Å². The van der Waals surface area contributed by atoms with Crippen LogP contribution in [0.2, 0.25) is 5.02 Å². The van der Waals surface area contributed by atoms with Gasteiger partial charge in [0.1, 0.15) is 11.4 Å². The lowest BCUT2D eigenvalue weighted by Crippen LogP contribution is -2.25. The summed E-state index contributed by atoms with van der Waals surface area (Å²) in [6.07, 6.45) is 3.39. The molecule has 2 aromatic carbocycles. The van der Waals surface area contributed by atoms with Crippen LogP contribution in [0.1, 0.15) is 16.1 Å². The molecular weight excluding hydrogens is 400 g/mol. The molecule has 0 aliphatic heterocycles. The first-order chi connectivity index (χ1) is 14.6. The first-order valence-electron chi connectivity index (χ1n) is 9.31. The van der Waals surface area contributed by atoms with Gasteiger partial charge in [0.05, 0.1) is 18.5 Å². The van der Waals surface area contributed by atoms with Crippen molar-refractivity contribution in [2.24, 2.45) is 0 Å². The van der Waals surface area contributed by atoms with Crippen LogP contribution in [0.3, 0.4) is 0 Å². The van der Waals surface area contributed by atoms with Crippen molar-refractivity contribution < 1.29 is 9.53 Å². The largest absolute Gasteiger partial charge is 0.497 e. The van der Waals surface area contributed by atoms with Crippen LogP contribution in [0.5, 0.6) is 5.75 Å². The van der Waals surface area contributed by atoms with Crippen LogP contribution in [-0.4, -0.2) is 27.8 Å². The van der Waals surface area contributed by atoms with Gasteiger partial charge in [-0.15, -0.1) is 0 Å². The van der Waals surface area contributed by atoms with Gasteiger partial charge < -0.3 is 10.1 Å². The zero-order chi connectivity index (χ0) is 20.9. The topological polar surface area (TPSA) is 69.0 Å². The molecule has 2 aromatic heterocycles. The van der Waals surface area contributed by atoms with E-state index in [4.69, 9.17) is 16.3 Å². The second-order valence-electron chi connectivity index (χ2n) is 6.58. The molecule has 0 atom stereocenters. The molecule has 0 spiro atoms. The van der Waals surface area contributed by atoms with Crippen molar-refractivity contribution in [2.45, 2.75) is 6.54 Å². The average molecular weight is 419 g/mol. The molecule has 0 radical (unpaired) electrons. The lowest BCUT2D eigenvalue weighted by molar-refractivity contribution is 0.0943. The molecule has 4 rings (SSSR count). The number of benzene rings is 2. The first-order valence-corrected chi connectivity index (χ1v) is 9.69. The van der Waals surface area contributed by atoms with Gasteiger partial charge in [-0.3, -0.25) is 9.78 Å². The van der Waals surface area contributed by atoms with Crippen LogP contribution >= 0.6 is 11.6 Å². The fourth-order valence-corrected chi connectivity index (χ4v) is 3.23. The molecule has 1 amide bonds. The number of amides is 1. The van der Waals surface area contributed by atoms with Crippen molar-refractivity contribution in [3.05, 3.63) is 95.4 Å². The third-order valence-electron chi connectivity index (χ3n) is 4.56. The molecule has 2 heterocycles. The smallest absolute Gasteiger partial charge is 0.270 e. The summed E-state index contributed by atoms with van der Waals surface area (Å²) < 4.78 is 6.91. The van der Waals surface area contributed by atoms with Crippen LogP contribution in [0, 0.1) is 0 Å². The average Bonchev–Trinajstić information content (AvgIpc) is 3.24. The Bertz CT molecular complexity index is 1170. The second kappa shape index (κ2) is 8.80. The van der Waals surface area contributed by atoms with Crippen molar-refractivity contribution in [2.75, 3.05) is 7.11 Å². The normalized spacial score (nSPS) is 10.6. The number of nitrogens with zero attached hydrogens (tertiary/aromatic N) is 3. The number of carbonyl (C=O) groups is 1. The zero-order valence-corrected chi connectivity index (χ0v) is 17.0. The molecule has 0 unspecified atom stereocenters. The summed E-state index contributed by atoms with van der Waals surface area (Å²) >= 11 is 6.17. The highest BCUT2D eigenvalue weighted by molar-refractivity contribution is 6.30. The van der Waals surface area contributed by atoms with Gasteiger partial charge >= 0.3 is 0 Å². The van der Waals surface area contributed by atoms with E-state index in [1.165, 1.54) is 0 Å². The molecule has 150 valence electrons. The molecule has 0 bridgehead atoms. The van der Waals surface area contributed by atoms with Crippen molar-refractivity contribution in [1.29, 1.82) is 0 Å². The van der Waals surface area contributed by atoms with Gasteiger partial charge in [-0.1, -0.05) is 29.8 Å². The summed E-state index contributed by atoms with van der Waals surface area (Å²) in [5.74, 6) is 0.474. The Morgan fingerprint density at radius 3 is 2.63 bits per heavy atom. The van der Waals surface area contributed by atoms with Gasteiger partial charge in [0.25, 0.3) is 5.91 Å². The third kappa shape index (κ3) is 4.34. The van der Waals surface area contributed by atoms with Crippen molar-refractivity contribution >= 4 is 17.5 Å². The minimum Gasteiger partial charge on any atom is -0.497 e. The maximum atomic E-state index is 13.0. The fourth-order valence-electron chi connectivity index (χ4n) is 3.04. The van der Waals surface area contributed by atoms with E-state index in [-0.39, 0.29) is 5.91 Å². The van der Waals surface area contributed by atoms with Crippen LogP contribution in [0.25, 0.3) is 16.9 Å². The number of hydrogen-bond acceptors (Lipinski definition) is 4. The Hall–Kier alpha value is -3.64. The number of ether oxygens (including phenoxy) is 1. The number of nitrogens with one attached hydrogen (secondary N) is 1. The van der Waals surface area contributed by atoms with E-state index in [1.54, 1.807) is 42.4 Å². The maximum absolute atomic E-state index is 13.0. The van der Waals surface area contributed by atoms with E-state index in [2.05, 4.69) is 15.4 Å². The Morgan fingerprint density at radius 2 is 1.87 bits per heavy atom. The fraction of sp³-hybridized carbons (Fsp3) is 0.0870. The lowest BCUT2D eigenvalue weighted by atomic mass is 10.1. The summed E-state index contributed by atoms with van der Waals surface area (Å²) in [7, 11) is 1.61. The van der Waals surface area contributed by atoms with Gasteiger partial charge in [-0.2, -0.15) is 5.10 Å². The van der Waals surface area contributed by atoms with E-state index >= 15 is 0 Å². The van der Waals surface area contributed by atoms with Gasteiger partial charge in [0.2, 0.25) is 0 Å². The summed E-state index contributed by atoms with van der Waals surface area (Å²) in [6.45, 7) is 0.385. The van der Waals surface area contributed by atoms with Gasteiger partial charge in [0.15, 0.2) is 0 Å². The number of rotatable bonds is 6. The molecule has 0 aliphatic rings. The Labute approximate surface area is 179 Å². The maximum Gasteiger partial charge on any atom is 0.270 e. The Morgan fingerprint density at radius 1 is 1.07 bits per heavy atom. The number of hydrogen-bond donors (Lipinski definition) is 1. The predicted molar refractivity (Wildman–Crippen MR) is 116 cm³/mol. The molecule has 0 saturated carbocycles. The highest BCUT2D eigenvalue weighted by atomic mass is 35.5. The van der Waals surface area contributed by atoms with Crippen LogP contribution in [-0.2, 0) is 6.54 Å². The quantitative estimate of drug-likeness (QED) is 0.499. The van der Waals surface area contributed by atoms with Crippen molar-refractivity contribution in [1.82, 2.24) is 20.1 Å². The van der Waals surface area contributed by atoms with Crippen LogP contribution < -0.4 is 10.1 Å². The van der Waals surface area contributed by atoms with E-state index < -0.39 is 0 Å². The minimum atomic E-state index is -0.242. The third-order valence-corrected chi connectivity index (χ3v) is 4.80. The second-order valence-corrected chi connectivity index (χ2v) is 7.01. The highest BCUT2D eigenvalue weighted by Gasteiger charge is 2.18. The molecule has 1 N–H and O–H groups in total. The van der Waals surface area contributed by atoms with Gasteiger partial charge in [0, 0.05) is 29.5 Å². The monoisotopic (exact) mass is 418 g/mol. The van der Waals surface area contributed by atoms with Crippen molar-refractivity contribution in [3.8, 4) is 22.7 Å². The number of pyridine rings is 1. The first kappa shape index (κ1) is 19.7. The molecule has 0 fully saturated rings. The predicted octanol–water partition coefficient (Wildman–Crippen LogP) is 4.53. The summed E-state index contributed by atoms with van der Waals surface area (Å²) in [6, 6.07) is 20.2. The number of halogens is 1. The summed E-state index contributed by atoms with van der Waals surface area (Å²) in [5.41, 5.74) is 3.57. The van der Waals surface area contributed by atoms with E-state index in [0.717, 1.165) is 11.1 Å². The van der Waals surface area contributed by atoms with Gasteiger partial charge in [-0.05, 0) is 54.1 Å². The number of carbonyl (C=O) groups excluding carboxylic acids is 1. The molecule has 0 aliphatic carbocycles.